The second-order valence-electron chi connectivity index (χ2n) is 3.07. The Morgan fingerprint density at radius 1 is 1.43 bits per heavy atom. The normalized spacial score (nSPS) is 15.4. The van der Waals surface area contributed by atoms with Crippen LogP contribution in [0.25, 0.3) is 0 Å². The van der Waals surface area contributed by atoms with Gasteiger partial charge in [-0.15, -0.1) is 11.3 Å². The molecule has 14 heavy (non-hydrogen) atoms. The molecule has 2 heterocycles. The van der Waals surface area contributed by atoms with Crippen LogP contribution >= 0.6 is 11.3 Å². The second kappa shape index (κ2) is 6.80. The highest BCUT2D eigenvalue weighted by atomic mass is 32.1. The van der Waals surface area contributed by atoms with Gasteiger partial charge in [-0.3, -0.25) is 0 Å². The Balaban J connectivity index is 0.000000461. The minimum Gasteiger partial charge on any atom is -0.313 e. The minimum atomic E-state index is 1.06. The third-order valence-electron chi connectivity index (χ3n) is 2.14. The van der Waals surface area contributed by atoms with E-state index in [9.17, 15) is 0 Å². The van der Waals surface area contributed by atoms with E-state index in [2.05, 4.69) is 28.9 Å². The van der Waals surface area contributed by atoms with Gasteiger partial charge in [-0.2, -0.15) is 0 Å². The Labute approximate surface area is 90.9 Å². The van der Waals surface area contributed by atoms with E-state index < -0.39 is 0 Å². The fourth-order valence-corrected chi connectivity index (χ4v) is 2.22. The van der Waals surface area contributed by atoms with E-state index in [0.29, 0.717) is 0 Å². The van der Waals surface area contributed by atoms with Gasteiger partial charge in [0.25, 0.3) is 0 Å². The zero-order chi connectivity index (χ0) is 10.2. The van der Waals surface area contributed by atoms with Gasteiger partial charge in [-0.05, 0) is 24.4 Å². The summed E-state index contributed by atoms with van der Waals surface area (Å²) in [5.41, 5.74) is 1.59. The minimum absolute atomic E-state index is 1.06. The standard InChI is InChI=1S/C10H13NS.C2H6/c1-2-10(12-7-1)8-9-3-5-11-6-4-9;1-2/h1-3,7,11H,4-6,8H2;1-2H3. The lowest BCUT2D eigenvalue weighted by Crippen LogP contribution is -2.20. The Bertz CT molecular complexity index is 262. The summed E-state index contributed by atoms with van der Waals surface area (Å²) >= 11 is 1.86. The van der Waals surface area contributed by atoms with Crippen LogP contribution in [0.5, 0.6) is 0 Å². The van der Waals surface area contributed by atoms with Crippen molar-refractivity contribution in [2.45, 2.75) is 26.7 Å². The van der Waals surface area contributed by atoms with Gasteiger partial charge in [0.2, 0.25) is 0 Å². The third kappa shape index (κ3) is 3.64. The van der Waals surface area contributed by atoms with Crippen LogP contribution in [0.3, 0.4) is 0 Å². The Hall–Kier alpha value is -0.600. The molecule has 0 radical (unpaired) electrons. The predicted octanol–water partition coefficient (Wildman–Crippen LogP) is 3.24. The fraction of sp³-hybridized carbons (Fsp3) is 0.500. The molecule has 0 saturated carbocycles. The average molecular weight is 209 g/mol. The topological polar surface area (TPSA) is 12.0 Å². The summed E-state index contributed by atoms with van der Waals surface area (Å²) in [7, 11) is 0. The smallest absolute Gasteiger partial charge is 0.0137 e. The monoisotopic (exact) mass is 209 g/mol. The highest BCUT2D eigenvalue weighted by Crippen LogP contribution is 2.16. The molecular formula is C12H19NS. The van der Waals surface area contributed by atoms with Gasteiger partial charge in [0.1, 0.15) is 0 Å². The van der Waals surface area contributed by atoms with Crippen molar-refractivity contribution in [2.75, 3.05) is 13.1 Å². The Kier molecular flexibility index (Phi) is 5.57. The predicted molar refractivity (Wildman–Crippen MR) is 64.9 cm³/mol. The second-order valence-corrected chi connectivity index (χ2v) is 4.10. The number of nitrogens with one attached hydrogen (secondary N) is 1. The maximum Gasteiger partial charge on any atom is 0.0137 e. The summed E-state index contributed by atoms with van der Waals surface area (Å²) in [5, 5.41) is 5.47. The zero-order valence-electron chi connectivity index (χ0n) is 9.05. The molecule has 2 heteroatoms. The zero-order valence-corrected chi connectivity index (χ0v) is 9.86. The summed E-state index contributed by atoms with van der Waals surface area (Å²) in [6, 6.07) is 4.34. The van der Waals surface area contributed by atoms with E-state index in [1.54, 1.807) is 5.57 Å². The van der Waals surface area contributed by atoms with E-state index >= 15 is 0 Å². The van der Waals surface area contributed by atoms with Crippen molar-refractivity contribution in [1.82, 2.24) is 5.32 Å². The highest BCUT2D eigenvalue weighted by Gasteiger charge is 2.03. The van der Waals surface area contributed by atoms with Crippen molar-refractivity contribution < 1.29 is 0 Å². The number of hydrogen-bond acceptors (Lipinski definition) is 2. The molecule has 0 amide bonds. The van der Waals surface area contributed by atoms with Gasteiger partial charge in [-0.1, -0.05) is 31.6 Å². The summed E-state index contributed by atoms with van der Waals surface area (Å²) in [4.78, 5) is 1.49. The van der Waals surface area contributed by atoms with Gasteiger partial charge in [0.15, 0.2) is 0 Å². The average Bonchev–Trinajstić information content (AvgIpc) is 2.75. The molecule has 0 unspecified atom stereocenters. The molecule has 0 aliphatic carbocycles. The molecule has 1 aliphatic rings. The van der Waals surface area contributed by atoms with E-state index in [1.807, 2.05) is 25.2 Å². The number of rotatable bonds is 2. The quantitative estimate of drug-likeness (QED) is 0.737. The molecule has 0 spiro atoms. The number of thiophene rings is 1. The van der Waals surface area contributed by atoms with Crippen molar-refractivity contribution in [3.05, 3.63) is 34.0 Å². The van der Waals surface area contributed by atoms with Crippen LogP contribution in [0.15, 0.2) is 29.2 Å². The molecule has 0 atom stereocenters. The molecule has 0 aromatic carbocycles. The molecule has 0 bridgehead atoms. The van der Waals surface area contributed by atoms with Gasteiger partial charge in [0.05, 0.1) is 0 Å². The molecule has 1 nitrogen and oxygen atoms in total. The molecule has 1 aromatic rings. The van der Waals surface area contributed by atoms with Crippen molar-refractivity contribution in [3.63, 3.8) is 0 Å². The van der Waals surface area contributed by atoms with E-state index in [-0.39, 0.29) is 0 Å². The van der Waals surface area contributed by atoms with Crippen molar-refractivity contribution in [2.24, 2.45) is 0 Å². The first kappa shape index (κ1) is 11.5. The van der Waals surface area contributed by atoms with Crippen LogP contribution in [-0.4, -0.2) is 13.1 Å². The van der Waals surface area contributed by atoms with Crippen molar-refractivity contribution in [1.29, 1.82) is 0 Å². The Morgan fingerprint density at radius 2 is 2.29 bits per heavy atom. The lowest BCUT2D eigenvalue weighted by Gasteiger charge is -2.12. The van der Waals surface area contributed by atoms with Crippen LogP contribution in [0.4, 0.5) is 0 Å². The van der Waals surface area contributed by atoms with Crippen LogP contribution in [-0.2, 0) is 6.42 Å². The van der Waals surface area contributed by atoms with Crippen LogP contribution in [0, 0.1) is 0 Å². The maximum absolute atomic E-state index is 3.32. The van der Waals surface area contributed by atoms with E-state index in [0.717, 1.165) is 13.1 Å². The van der Waals surface area contributed by atoms with E-state index in [4.69, 9.17) is 0 Å². The maximum atomic E-state index is 3.32. The first-order valence-electron chi connectivity index (χ1n) is 5.36. The molecule has 1 aromatic heterocycles. The Morgan fingerprint density at radius 3 is 2.86 bits per heavy atom. The summed E-state index contributed by atoms with van der Waals surface area (Å²) in [5.74, 6) is 0. The molecule has 0 saturated heterocycles. The summed E-state index contributed by atoms with van der Waals surface area (Å²) in [6.45, 7) is 6.21. The third-order valence-corrected chi connectivity index (χ3v) is 3.02. The number of hydrogen-bond donors (Lipinski definition) is 1. The molecule has 78 valence electrons. The van der Waals surface area contributed by atoms with Crippen molar-refractivity contribution >= 4 is 11.3 Å². The lowest BCUT2D eigenvalue weighted by atomic mass is 10.1. The molecule has 1 N–H and O–H groups in total. The molecule has 0 fully saturated rings. The van der Waals surface area contributed by atoms with Gasteiger partial charge in [0, 0.05) is 17.8 Å². The van der Waals surface area contributed by atoms with E-state index in [1.165, 1.54) is 17.7 Å². The summed E-state index contributed by atoms with van der Waals surface area (Å²) < 4.78 is 0. The first-order chi connectivity index (χ1) is 6.95. The first-order valence-corrected chi connectivity index (χ1v) is 6.24. The van der Waals surface area contributed by atoms with Gasteiger partial charge < -0.3 is 5.32 Å². The van der Waals surface area contributed by atoms with Crippen molar-refractivity contribution in [3.8, 4) is 0 Å². The molecule has 1 aliphatic heterocycles. The molecule has 2 rings (SSSR count). The largest absolute Gasteiger partial charge is 0.313 e. The van der Waals surface area contributed by atoms with Gasteiger partial charge in [-0.25, -0.2) is 0 Å². The SMILES string of the molecule is C1=C(Cc2cccs2)CCNC1.CC. The van der Waals surface area contributed by atoms with Crippen LogP contribution in [0.1, 0.15) is 25.1 Å². The van der Waals surface area contributed by atoms with Crippen LogP contribution in [0.2, 0.25) is 0 Å². The summed E-state index contributed by atoms with van der Waals surface area (Å²) in [6.07, 6.45) is 4.71. The van der Waals surface area contributed by atoms with Crippen LogP contribution < -0.4 is 5.32 Å². The fourth-order valence-electron chi connectivity index (χ4n) is 1.47. The molecular weight excluding hydrogens is 190 g/mol. The lowest BCUT2D eigenvalue weighted by molar-refractivity contribution is 0.693. The highest BCUT2D eigenvalue weighted by molar-refractivity contribution is 7.09. The van der Waals surface area contributed by atoms with Gasteiger partial charge >= 0.3 is 0 Å².